The molecule has 1 aromatic carbocycles. The predicted molar refractivity (Wildman–Crippen MR) is 64.4 cm³/mol. The number of aromatic nitrogens is 1. The normalized spacial score (nSPS) is 10.3. The molecule has 6 heteroatoms. The summed E-state index contributed by atoms with van der Waals surface area (Å²) in [4.78, 5) is 3.96. The van der Waals surface area contributed by atoms with E-state index in [0.717, 1.165) is 0 Å². The number of nitrogens with zero attached hydrogens (tertiary/aromatic N) is 1. The molecule has 1 N–H and O–H groups in total. The summed E-state index contributed by atoms with van der Waals surface area (Å²) in [6, 6.07) is 4.62. The van der Waals surface area contributed by atoms with E-state index in [1.54, 1.807) is 18.3 Å². The zero-order valence-corrected chi connectivity index (χ0v) is 10.1. The maximum Gasteiger partial charge on any atom is 0.218 e. The highest BCUT2D eigenvalue weighted by Crippen LogP contribution is 2.22. The van der Waals surface area contributed by atoms with Crippen molar-refractivity contribution in [1.29, 1.82) is 0 Å². The van der Waals surface area contributed by atoms with Crippen molar-refractivity contribution in [2.24, 2.45) is 0 Å². The van der Waals surface area contributed by atoms with E-state index in [0.29, 0.717) is 23.6 Å². The van der Waals surface area contributed by atoms with Gasteiger partial charge in [-0.2, -0.15) is 0 Å². The van der Waals surface area contributed by atoms with Gasteiger partial charge in [0.1, 0.15) is 11.5 Å². The van der Waals surface area contributed by atoms with Crippen LogP contribution in [-0.2, 0) is 6.54 Å². The number of methoxy groups -OCH3 is 1. The molecular weight excluding hydrogens is 257 g/mol. The first-order chi connectivity index (χ1) is 9.11. The van der Waals surface area contributed by atoms with Crippen molar-refractivity contribution in [1.82, 2.24) is 4.98 Å². The molecule has 2 aromatic rings. The van der Waals surface area contributed by atoms with Gasteiger partial charge in [-0.15, -0.1) is 0 Å². The Morgan fingerprint density at radius 1 is 1.21 bits per heavy atom. The van der Waals surface area contributed by atoms with Crippen molar-refractivity contribution in [3.05, 3.63) is 53.5 Å². The SMILES string of the molecule is COc1ncccc1CNc1c(F)cc(F)cc1F. The Balaban J connectivity index is 2.19. The summed E-state index contributed by atoms with van der Waals surface area (Å²) in [5.41, 5.74) is 0.250. The van der Waals surface area contributed by atoms with Crippen LogP contribution in [0.3, 0.4) is 0 Å². The average molecular weight is 268 g/mol. The number of benzene rings is 1. The minimum Gasteiger partial charge on any atom is -0.481 e. The smallest absolute Gasteiger partial charge is 0.218 e. The van der Waals surface area contributed by atoms with Gasteiger partial charge < -0.3 is 10.1 Å². The van der Waals surface area contributed by atoms with Crippen molar-refractivity contribution in [2.45, 2.75) is 6.54 Å². The maximum absolute atomic E-state index is 13.4. The van der Waals surface area contributed by atoms with Crippen LogP contribution in [-0.4, -0.2) is 12.1 Å². The van der Waals surface area contributed by atoms with Gasteiger partial charge in [0.05, 0.1) is 7.11 Å². The molecule has 0 aliphatic rings. The van der Waals surface area contributed by atoms with Crippen molar-refractivity contribution in [2.75, 3.05) is 12.4 Å². The van der Waals surface area contributed by atoms with E-state index >= 15 is 0 Å². The third-order valence-electron chi connectivity index (χ3n) is 2.51. The van der Waals surface area contributed by atoms with Crippen LogP contribution in [0.15, 0.2) is 30.5 Å². The molecule has 0 unspecified atom stereocenters. The number of ether oxygens (including phenoxy) is 1. The maximum atomic E-state index is 13.4. The number of hydrogen-bond acceptors (Lipinski definition) is 3. The number of rotatable bonds is 4. The van der Waals surface area contributed by atoms with Gasteiger partial charge in [0.2, 0.25) is 5.88 Å². The van der Waals surface area contributed by atoms with E-state index in [1.165, 1.54) is 7.11 Å². The van der Waals surface area contributed by atoms with Gasteiger partial charge in [0, 0.05) is 30.4 Å². The fourth-order valence-electron chi connectivity index (χ4n) is 1.64. The first-order valence-corrected chi connectivity index (χ1v) is 5.48. The van der Waals surface area contributed by atoms with Crippen molar-refractivity contribution in [3.8, 4) is 5.88 Å². The molecule has 0 amide bonds. The van der Waals surface area contributed by atoms with Crippen molar-refractivity contribution < 1.29 is 17.9 Å². The van der Waals surface area contributed by atoms with Crippen molar-refractivity contribution in [3.63, 3.8) is 0 Å². The zero-order valence-electron chi connectivity index (χ0n) is 10.1. The van der Waals surface area contributed by atoms with Gasteiger partial charge in [0.25, 0.3) is 0 Å². The fraction of sp³-hybridized carbons (Fsp3) is 0.154. The second-order valence-corrected chi connectivity index (χ2v) is 3.77. The summed E-state index contributed by atoms with van der Waals surface area (Å²) in [6.45, 7) is 0.108. The van der Waals surface area contributed by atoms with Crippen LogP contribution < -0.4 is 10.1 Å². The highest BCUT2D eigenvalue weighted by Gasteiger charge is 2.12. The lowest BCUT2D eigenvalue weighted by molar-refractivity contribution is 0.393. The third kappa shape index (κ3) is 2.96. The summed E-state index contributed by atoms with van der Waals surface area (Å²) in [7, 11) is 1.45. The molecule has 3 nitrogen and oxygen atoms in total. The van der Waals surface area contributed by atoms with E-state index in [1.807, 2.05) is 0 Å². The topological polar surface area (TPSA) is 34.1 Å². The summed E-state index contributed by atoms with van der Waals surface area (Å²) in [5, 5.41) is 2.56. The van der Waals surface area contributed by atoms with Gasteiger partial charge in [-0.25, -0.2) is 18.2 Å². The molecule has 0 aliphatic carbocycles. The molecule has 0 spiro atoms. The number of anilines is 1. The Kier molecular flexibility index (Phi) is 3.89. The summed E-state index contributed by atoms with van der Waals surface area (Å²) < 4.78 is 44.6. The summed E-state index contributed by atoms with van der Waals surface area (Å²) in [5.74, 6) is -2.57. The van der Waals surface area contributed by atoms with E-state index in [4.69, 9.17) is 4.74 Å². The van der Waals surface area contributed by atoms with Crippen LogP contribution in [0.25, 0.3) is 0 Å². The minimum atomic E-state index is -0.986. The Hall–Kier alpha value is -2.24. The third-order valence-corrected chi connectivity index (χ3v) is 2.51. The van der Waals surface area contributed by atoms with Crippen LogP contribution in [0.5, 0.6) is 5.88 Å². The molecule has 1 aromatic heterocycles. The lowest BCUT2D eigenvalue weighted by Crippen LogP contribution is -2.06. The molecule has 0 bridgehead atoms. The molecule has 0 radical (unpaired) electrons. The number of pyridine rings is 1. The molecule has 0 saturated heterocycles. The second-order valence-electron chi connectivity index (χ2n) is 3.77. The highest BCUT2D eigenvalue weighted by molar-refractivity contribution is 5.47. The van der Waals surface area contributed by atoms with E-state index < -0.39 is 17.5 Å². The molecule has 2 rings (SSSR count). The molecule has 100 valence electrons. The van der Waals surface area contributed by atoms with Crippen molar-refractivity contribution >= 4 is 5.69 Å². The van der Waals surface area contributed by atoms with Gasteiger partial charge in [-0.05, 0) is 6.07 Å². The quantitative estimate of drug-likeness (QED) is 0.925. The van der Waals surface area contributed by atoms with Crippen LogP contribution in [0.4, 0.5) is 18.9 Å². The zero-order chi connectivity index (χ0) is 13.8. The van der Waals surface area contributed by atoms with Crippen LogP contribution >= 0.6 is 0 Å². The average Bonchev–Trinajstić information content (AvgIpc) is 2.38. The standard InChI is InChI=1S/C13H11F3N2O/c1-19-13-8(3-2-4-17-13)7-18-12-10(15)5-9(14)6-11(12)16/h2-6,18H,7H2,1H3. The Morgan fingerprint density at radius 3 is 2.53 bits per heavy atom. The fourth-order valence-corrected chi connectivity index (χ4v) is 1.64. The van der Waals surface area contributed by atoms with Crippen LogP contribution in [0.2, 0.25) is 0 Å². The lowest BCUT2D eigenvalue weighted by Gasteiger charge is -2.11. The molecule has 0 atom stereocenters. The Bertz CT molecular complexity index is 567. The van der Waals surface area contributed by atoms with E-state index in [9.17, 15) is 13.2 Å². The molecule has 1 heterocycles. The van der Waals surface area contributed by atoms with Gasteiger partial charge >= 0.3 is 0 Å². The highest BCUT2D eigenvalue weighted by atomic mass is 19.1. The van der Waals surface area contributed by atoms with E-state index in [2.05, 4.69) is 10.3 Å². The first kappa shape index (κ1) is 13.2. The number of hydrogen-bond donors (Lipinski definition) is 1. The predicted octanol–water partition coefficient (Wildman–Crippen LogP) is 3.12. The molecule has 19 heavy (non-hydrogen) atoms. The first-order valence-electron chi connectivity index (χ1n) is 5.48. The van der Waals surface area contributed by atoms with Crippen LogP contribution in [0, 0.1) is 17.5 Å². The Morgan fingerprint density at radius 2 is 1.89 bits per heavy atom. The number of nitrogens with one attached hydrogen (secondary N) is 1. The molecular formula is C13H11F3N2O. The second kappa shape index (κ2) is 5.60. The lowest BCUT2D eigenvalue weighted by atomic mass is 10.2. The van der Waals surface area contributed by atoms with Crippen LogP contribution in [0.1, 0.15) is 5.56 Å². The molecule has 0 fully saturated rings. The minimum absolute atomic E-state index is 0.108. The van der Waals surface area contributed by atoms with Gasteiger partial charge in [-0.3, -0.25) is 0 Å². The van der Waals surface area contributed by atoms with E-state index in [-0.39, 0.29) is 12.2 Å². The molecule has 0 aliphatic heterocycles. The monoisotopic (exact) mass is 268 g/mol. The Labute approximate surface area is 108 Å². The van der Waals surface area contributed by atoms with Gasteiger partial charge in [0.15, 0.2) is 11.6 Å². The largest absolute Gasteiger partial charge is 0.481 e. The summed E-state index contributed by atoms with van der Waals surface area (Å²) in [6.07, 6.45) is 1.54. The van der Waals surface area contributed by atoms with Gasteiger partial charge in [-0.1, -0.05) is 6.07 Å². The number of halogens is 3. The molecule has 0 saturated carbocycles. The summed E-state index contributed by atoms with van der Waals surface area (Å²) >= 11 is 0.